The van der Waals surface area contributed by atoms with Crippen LogP contribution in [0.3, 0.4) is 0 Å². The smallest absolute Gasteiger partial charge is 0.388 e. The maximum Gasteiger partial charge on any atom is 0.388 e. The molecule has 16 heavy (non-hydrogen) atoms. The average molecular weight is 246 g/mol. The van der Waals surface area contributed by atoms with Crippen molar-refractivity contribution in [2.24, 2.45) is 0 Å². The Balaban J connectivity index is 3.00. The van der Waals surface area contributed by atoms with Crippen molar-refractivity contribution in [1.29, 1.82) is 0 Å². The lowest BCUT2D eigenvalue weighted by molar-refractivity contribution is 0.355. The monoisotopic (exact) mass is 246 g/mol. The zero-order valence-corrected chi connectivity index (χ0v) is 9.78. The number of methoxy groups -OCH3 is 2. The molecule has 0 aliphatic rings. The average Bonchev–Trinajstić information content (AvgIpc) is 2.25. The van der Waals surface area contributed by atoms with Crippen molar-refractivity contribution in [2.45, 2.75) is 0 Å². The van der Waals surface area contributed by atoms with Gasteiger partial charge in [0, 0.05) is 5.82 Å². The molecule has 1 unspecified atom stereocenters. The van der Waals surface area contributed by atoms with E-state index in [1.54, 1.807) is 18.2 Å². The normalized spacial score (nSPS) is 14.8. The highest BCUT2D eigenvalue weighted by molar-refractivity contribution is 7.56. The van der Waals surface area contributed by atoms with Gasteiger partial charge < -0.3 is 14.4 Å². The van der Waals surface area contributed by atoms with Crippen LogP contribution in [0.25, 0.3) is 6.08 Å². The number of rotatable bonds is 4. The molecule has 0 saturated carbocycles. The fourth-order valence-corrected chi connectivity index (χ4v) is 1.49. The van der Waals surface area contributed by atoms with Crippen LogP contribution in [0.5, 0.6) is 11.5 Å². The Labute approximate surface area is 92.9 Å². The molecule has 0 fully saturated rings. The van der Waals surface area contributed by atoms with Crippen molar-refractivity contribution in [3.8, 4) is 11.5 Å². The van der Waals surface area contributed by atoms with Gasteiger partial charge in [0.25, 0.3) is 0 Å². The Hall–Kier alpha value is -1.32. The van der Waals surface area contributed by atoms with E-state index >= 15 is 0 Å². The predicted molar refractivity (Wildman–Crippen MR) is 59.5 cm³/mol. The lowest BCUT2D eigenvalue weighted by Crippen LogP contribution is -1.90. The Bertz CT molecular complexity index is 438. The summed E-state index contributed by atoms with van der Waals surface area (Å²) < 4.78 is 32.8. The Morgan fingerprint density at radius 2 is 1.94 bits per heavy atom. The summed E-state index contributed by atoms with van der Waals surface area (Å²) >= 11 is 0. The van der Waals surface area contributed by atoms with Crippen LogP contribution in [0, 0.1) is 0 Å². The highest BCUT2D eigenvalue weighted by atomic mass is 31.2. The molecule has 4 nitrogen and oxygen atoms in total. The van der Waals surface area contributed by atoms with Crippen molar-refractivity contribution in [1.82, 2.24) is 0 Å². The number of hydrogen-bond acceptors (Lipinski definition) is 3. The minimum atomic E-state index is -4.63. The van der Waals surface area contributed by atoms with Crippen molar-refractivity contribution in [3.63, 3.8) is 0 Å². The number of halogens is 1. The molecule has 1 atom stereocenters. The molecule has 0 aliphatic heterocycles. The molecular formula is C10H12FO4P. The summed E-state index contributed by atoms with van der Waals surface area (Å²) in [5.74, 6) is 1.62. The summed E-state index contributed by atoms with van der Waals surface area (Å²) in [5, 5.41) is 0. The van der Waals surface area contributed by atoms with E-state index in [2.05, 4.69) is 0 Å². The molecule has 0 aromatic heterocycles. The van der Waals surface area contributed by atoms with E-state index < -0.39 is 7.68 Å². The minimum Gasteiger partial charge on any atom is -0.493 e. The van der Waals surface area contributed by atoms with E-state index in [9.17, 15) is 8.76 Å². The van der Waals surface area contributed by atoms with Crippen LogP contribution in [0.2, 0.25) is 0 Å². The van der Waals surface area contributed by atoms with Crippen molar-refractivity contribution in [3.05, 3.63) is 29.6 Å². The van der Waals surface area contributed by atoms with Gasteiger partial charge in [0.15, 0.2) is 11.5 Å². The third kappa shape index (κ3) is 3.68. The second kappa shape index (κ2) is 5.14. The molecule has 0 heterocycles. The molecule has 0 saturated heterocycles. The summed E-state index contributed by atoms with van der Waals surface area (Å²) in [5.41, 5.74) is 0.546. The Kier molecular flexibility index (Phi) is 4.10. The van der Waals surface area contributed by atoms with Crippen LogP contribution in [-0.4, -0.2) is 19.1 Å². The van der Waals surface area contributed by atoms with Gasteiger partial charge in [0.1, 0.15) is 0 Å². The van der Waals surface area contributed by atoms with Gasteiger partial charge in [-0.15, -0.1) is 0 Å². The van der Waals surface area contributed by atoms with Crippen LogP contribution < -0.4 is 9.47 Å². The lowest BCUT2D eigenvalue weighted by Gasteiger charge is -2.07. The Morgan fingerprint density at radius 3 is 2.44 bits per heavy atom. The summed E-state index contributed by atoms with van der Waals surface area (Å²) in [6.07, 6.45) is 1.21. The highest BCUT2D eigenvalue weighted by Crippen LogP contribution is 2.44. The topological polar surface area (TPSA) is 55.8 Å². The molecule has 1 aromatic carbocycles. The molecule has 1 aromatic rings. The maximum absolute atomic E-state index is 12.4. The second-order valence-electron chi connectivity index (χ2n) is 2.97. The molecular weight excluding hydrogens is 234 g/mol. The van der Waals surface area contributed by atoms with Gasteiger partial charge in [-0.05, 0) is 23.8 Å². The number of hydrogen-bond donors (Lipinski definition) is 1. The second-order valence-corrected chi connectivity index (χ2v) is 4.36. The minimum absolute atomic E-state index is 0.469. The standard InChI is InChI=1S/C10H12FO4P/c1-14-9-4-3-8(7-10(9)15-2)5-6-16(11,12)13/h3-7H,1-2H3,(H,12,13)/b6-5+. The molecule has 0 spiro atoms. The molecule has 1 rings (SSSR count). The van der Waals surface area contributed by atoms with Crippen LogP contribution in [-0.2, 0) is 4.57 Å². The molecule has 88 valence electrons. The van der Waals surface area contributed by atoms with Crippen LogP contribution in [0.4, 0.5) is 4.20 Å². The first kappa shape index (κ1) is 12.7. The lowest BCUT2D eigenvalue weighted by atomic mass is 10.2. The molecule has 0 radical (unpaired) electrons. The molecule has 1 N–H and O–H groups in total. The highest BCUT2D eigenvalue weighted by Gasteiger charge is 2.09. The maximum atomic E-state index is 12.4. The van der Waals surface area contributed by atoms with Crippen LogP contribution >= 0.6 is 7.68 Å². The van der Waals surface area contributed by atoms with Gasteiger partial charge in [-0.3, -0.25) is 4.57 Å². The van der Waals surface area contributed by atoms with Gasteiger partial charge in [0.05, 0.1) is 14.2 Å². The first-order valence-corrected chi connectivity index (χ1v) is 6.01. The van der Waals surface area contributed by atoms with Gasteiger partial charge in [-0.1, -0.05) is 6.07 Å². The van der Waals surface area contributed by atoms with Crippen molar-refractivity contribution in [2.75, 3.05) is 14.2 Å². The number of ether oxygens (including phenoxy) is 2. The van der Waals surface area contributed by atoms with Crippen molar-refractivity contribution < 1.29 is 23.1 Å². The van der Waals surface area contributed by atoms with E-state index in [1.807, 2.05) is 0 Å². The van der Waals surface area contributed by atoms with Crippen LogP contribution in [0.15, 0.2) is 24.0 Å². The van der Waals surface area contributed by atoms with Gasteiger partial charge in [-0.25, -0.2) is 0 Å². The zero-order chi connectivity index (χ0) is 12.2. The first-order chi connectivity index (χ1) is 7.46. The van der Waals surface area contributed by atoms with E-state index in [0.717, 1.165) is 0 Å². The van der Waals surface area contributed by atoms with E-state index in [1.165, 1.54) is 20.3 Å². The third-order valence-corrected chi connectivity index (χ3v) is 2.38. The fraction of sp³-hybridized carbons (Fsp3) is 0.200. The summed E-state index contributed by atoms with van der Waals surface area (Å²) in [6.45, 7) is 0. The summed E-state index contributed by atoms with van der Waals surface area (Å²) in [4.78, 5) is 8.45. The quantitative estimate of drug-likeness (QED) is 0.830. The first-order valence-electron chi connectivity index (χ1n) is 4.39. The van der Waals surface area contributed by atoms with Gasteiger partial charge in [-0.2, -0.15) is 4.20 Å². The Morgan fingerprint density at radius 1 is 1.31 bits per heavy atom. The third-order valence-electron chi connectivity index (χ3n) is 1.86. The van der Waals surface area contributed by atoms with Gasteiger partial charge in [0.2, 0.25) is 0 Å². The van der Waals surface area contributed by atoms with Crippen molar-refractivity contribution >= 4 is 13.8 Å². The number of benzene rings is 1. The molecule has 0 amide bonds. The van der Waals surface area contributed by atoms with Gasteiger partial charge >= 0.3 is 7.68 Å². The summed E-state index contributed by atoms with van der Waals surface area (Å²) in [7, 11) is -1.66. The molecule has 0 bridgehead atoms. The largest absolute Gasteiger partial charge is 0.493 e. The van der Waals surface area contributed by atoms with E-state index in [4.69, 9.17) is 14.4 Å². The zero-order valence-electron chi connectivity index (χ0n) is 8.88. The van der Waals surface area contributed by atoms with E-state index in [0.29, 0.717) is 22.9 Å². The fourth-order valence-electron chi connectivity index (χ4n) is 1.13. The van der Waals surface area contributed by atoms with E-state index in [-0.39, 0.29) is 0 Å². The predicted octanol–water partition coefficient (Wildman–Crippen LogP) is 2.83. The SMILES string of the molecule is COc1ccc(/C=C/P(=O)(O)F)cc1OC. The molecule has 0 aliphatic carbocycles. The van der Waals surface area contributed by atoms with Crippen LogP contribution in [0.1, 0.15) is 5.56 Å². The summed E-state index contributed by atoms with van der Waals surface area (Å²) in [6, 6.07) is 4.82. The molecule has 6 heteroatoms.